The lowest BCUT2D eigenvalue weighted by atomic mass is 9.90. The van der Waals surface area contributed by atoms with Crippen molar-refractivity contribution < 1.29 is 9.90 Å². The van der Waals surface area contributed by atoms with E-state index in [1.54, 1.807) is 6.20 Å². The molecule has 1 fully saturated rings. The highest BCUT2D eigenvalue weighted by atomic mass is 16.3. The molecule has 0 radical (unpaired) electrons. The number of nitrogens with zero attached hydrogens (tertiary/aromatic N) is 3. The van der Waals surface area contributed by atoms with Gasteiger partial charge in [-0.3, -0.25) is 4.79 Å². The number of aliphatic hydroxyl groups is 1. The van der Waals surface area contributed by atoms with E-state index in [-0.39, 0.29) is 11.8 Å². The van der Waals surface area contributed by atoms with Crippen molar-refractivity contribution in [2.75, 3.05) is 13.1 Å². The second-order valence-electron chi connectivity index (χ2n) is 6.23. The van der Waals surface area contributed by atoms with Crippen LogP contribution in [-0.2, 0) is 11.8 Å². The van der Waals surface area contributed by atoms with Crippen molar-refractivity contribution in [1.82, 2.24) is 14.5 Å². The van der Waals surface area contributed by atoms with Crippen LogP contribution in [0.5, 0.6) is 0 Å². The maximum absolute atomic E-state index is 12.4. The molecule has 1 atom stereocenters. The SMILES string of the molecule is CC/C(C)=C(/C)C(=O)N1CCC(C(O)c2nccn2C)CC1. The first-order valence-electron chi connectivity index (χ1n) is 8.06. The van der Waals surface area contributed by atoms with Crippen molar-refractivity contribution >= 4 is 5.91 Å². The number of carbonyl (C=O) groups is 1. The summed E-state index contributed by atoms with van der Waals surface area (Å²) in [5.41, 5.74) is 2.02. The molecule has 1 saturated heterocycles. The van der Waals surface area contributed by atoms with Gasteiger partial charge in [-0.1, -0.05) is 12.5 Å². The normalized spacial score (nSPS) is 19.0. The summed E-state index contributed by atoms with van der Waals surface area (Å²) in [7, 11) is 1.89. The number of amides is 1. The maximum Gasteiger partial charge on any atom is 0.249 e. The largest absolute Gasteiger partial charge is 0.385 e. The van der Waals surface area contributed by atoms with Crippen LogP contribution in [-0.4, -0.2) is 38.6 Å². The van der Waals surface area contributed by atoms with E-state index >= 15 is 0 Å². The molecule has 2 rings (SSSR count). The van der Waals surface area contributed by atoms with Crippen molar-refractivity contribution in [3.8, 4) is 0 Å². The summed E-state index contributed by atoms with van der Waals surface area (Å²) in [6.07, 6.45) is 5.55. The molecule has 1 unspecified atom stereocenters. The molecule has 5 nitrogen and oxygen atoms in total. The van der Waals surface area contributed by atoms with Gasteiger partial charge in [-0.15, -0.1) is 0 Å². The zero-order valence-corrected chi connectivity index (χ0v) is 14.0. The number of likely N-dealkylation sites (tertiary alicyclic amines) is 1. The number of imidazole rings is 1. The number of hydrogen-bond donors (Lipinski definition) is 1. The summed E-state index contributed by atoms with van der Waals surface area (Å²) in [5, 5.41) is 10.5. The summed E-state index contributed by atoms with van der Waals surface area (Å²) in [5.74, 6) is 1.02. The smallest absolute Gasteiger partial charge is 0.249 e. The molecule has 0 bridgehead atoms. The Labute approximate surface area is 132 Å². The summed E-state index contributed by atoms with van der Waals surface area (Å²) < 4.78 is 1.86. The van der Waals surface area contributed by atoms with Gasteiger partial charge < -0.3 is 14.6 Å². The predicted molar refractivity (Wildman–Crippen MR) is 86.1 cm³/mol. The van der Waals surface area contributed by atoms with Crippen molar-refractivity contribution in [2.24, 2.45) is 13.0 Å². The number of allylic oxidation sites excluding steroid dienone is 1. The molecule has 1 amide bonds. The third-order valence-corrected chi connectivity index (χ3v) is 4.89. The van der Waals surface area contributed by atoms with Gasteiger partial charge in [0.2, 0.25) is 5.91 Å². The molecule has 22 heavy (non-hydrogen) atoms. The lowest BCUT2D eigenvalue weighted by Crippen LogP contribution is -2.40. The van der Waals surface area contributed by atoms with Crippen LogP contribution in [0.1, 0.15) is 52.0 Å². The van der Waals surface area contributed by atoms with Gasteiger partial charge in [0.15, 0.2) is 0 Å². The third kappa shape index (κ3) is 3.40. The molecule has 1 aromatic heterocycles. The molecule has 1 N–H and O–H groups in total. The molecule has 0 spiro atoms. The molecule has 1 aliphatic heterocycles. The molecule has 0 aliphatic carbocycles. The molecule has 2 heterocycles. The second kappa shape index (κ2) is 7.09. The van der Waals surface area contributed by atoms with Crippen LogP contribution in [0.2, 0.25) is 0 Å². The number of carbonyl (C=O) groups excluding carboxylic acids is 1. The van der Waals surface area contributed by atoms with Crippen LogP contribution in [0.25, 0.3) is 0 Å². The van der Waals surface area contributed by atoms with Crippen LogP contribution in [0.15, 0.2) is 23.5 Å². The fraction of sp³-hybridized carbons (Fsp3) is 0.647. The van der Waals surface area contributed by atoms with E-state index in [0.29, 0.717) is 18.9 Å². The van der Waals surface area contributed by atoms with Gasteiger partial charge in [-0.05, 0) is 39.0 Å². The Morgan fingerprint density at radius 3 is 2.55 bits per heavy atom. The van der Waals surface area contributed by atoms with Gasteiger partial charge >= 0.3 is 0 Å². The minimum Gasteiger partial charge on any atom is -0.385 e. The zero-order chi connectivity index (χ0) is 16.3. The van der Waals surface area contributed by atoms with Gasteiger partial charge in [0.1, 0.15) is 11.9 Å². The standard InChI is InChI=1S/C17H27N3O2/c1-5-12(2)13(3)17(22)20-9-6-14(7-10-20)15(21)16-18-8-11-19(16)4/h8,11,14-15,21H,5-7,9-10H2,1-4H3/b13-12-. The third-order valence-electron chi connectivity index (χ3n) is 4.89. The highest BCUT2D eigenvalue weighted by molar-refractivity contribution is 5.93. The van der Waals surface area contributed by atoms with Gasteiger partial charge in [-0.2, -0.15) is 0 Å². The molecule has 1 aromatic rings. The summed E-state index contributed by atoms with van der Waals surface area (Å²) >= 11 is 0. The van der Waals surface area contributed by atoms with E-state index in [1.165, 1.54) is 0 Å². The Bertz CT molecular complexity index is 554. The van der Waals surface area contributed by atoms with Gasteiger partial charge in [0.25, 0.3) is 0 Å². The Hall–Kier alpha value is -1.62. The van der Waals surface area contributed by atoms with Gasteiger partial charge in [-0.25, -0.2) is 4.98 Å². The topological polar surface area (TPSA) is 58.4 Å². The number of aromatic nitrogens is 2. The molecule has 0 saturated carbocycles. The first kappa shape index (κ1) is 16.7. The summed E-state index contributed by atoms with van der Waals surface area (Å²) in [4.78, 5) is 18.6. The van der Waals surface area contributed by atoms with E-state index in [1.807, 2.05) is 36.6 Å². The molecule has 122 valence electrons. The van der Waals surface area contributed by atoms with Gasteiger partial charge in [0, 0.05) is 38.1 Å². The highest BCUT2D eigenvalue weighted by Crippen LogP contribution is 2.30. The van der Waals surface area contributed by atoms with Crippen LogP contribution in [0.3, 0.4) is 0 Å². The van der Waals surface area contributed by atoms with Crippen molar-refractivity contribution in [3.63, 3.8) is 0 Å². The van der Waals surface area contributed by atoms with Gasteiger partial charge in [0.05, 0.1) is 0 Å². The monoisotopic (exact) mass is 305 g/mol. The quantitative estimate of drug-likeness (QED) is 0.869. The molecule has 5 heteroatoms. The average Bonchev–Trinajstić information content (AvgIpc) is 2.98. The molecular weight excluding hydrogens is 278 g/mol. The van der Waals surface area contributed by atoms with Crippen LogP contribution in [0, 0.1) is 5.92 Å². The van der Waals surface area contributed by atoms with E-state index < -0.39 is 6.10 Å². The number of aryl methyl sites for hydroxylation is 1. The van der Waals surface area contributed by atoms with Crippen LogP contribution >= 0.6 is 0 Å². The second-order valence-corrected chi connectivity index (χ2v) is 6.23. The highest BCUT2D eigenvalue weighted by Gasteiger charge is 2.30. The minimum atomic E-state index is -0.550. The number of rotatable bonds is 4. The number of piperidine rings is 1. The van der Waals surface area contributed by atoms with E-state index in [9.17, 15) is 9.90 Å². The zero-order valence-electron chi connectivity index (χ0n) is 14.0. The predicted octanol–water partition coefficient (Wildman–Crippen LogP) is 2.44. The maximum atomic E-state index is 12.4. The lowest BCUT2D eigenvalue weighted by Gasteiger charge is -2.34. The first-order chi connectivity index (χ1) is 10.5. The molecule has 0 aromatic carbocycles. The Balaban J connectivity index is 1.96. The van der Waals surface area contributed by atoms with Crippen LogP contribution in [0.4, 0.5) is 0 Å². The van der Waals surface area contributed by atoms with E-state index in [0.717, 1.165) is 30.4 Å². The average molecular weight is 305 g/mol. The Morgan fingerprint density at radius 1 is 1.41 bits per heavy atom. The molecule has 1 aliphatic rings. The lowest BCUT2D eigenvalue weighted by molar-refractivity contribution is -0.129. The van der Waals surface area contributed by atoms with Crippen molar-refractivity contribution in [2.45, 2.75) is 46.1 Å². The molecular formula is C17H27N3O2. The number of aliphatic hydroxyl groups excluding tert-OH is 1. The fourth-order valence-corrected chi connectivity index (χ4v) is 2.98. The van der Waals surface area contributed by atoms with E-state index in [4.69, 9.17) is 0 Å². The van der Waals surface area contributed by atoms with Crippen molar-refractivity contribution in [3.05, 3.63) is 29.4 Å². The summed E-state index contributed by atoms with van der Waals surface area (Å²) in [6, 6.07) is 0. The first-order valence-corrected chi connectivity index (χ1v) is 8.06. The van der Waals surface area contributed by atoms with Crippen molar-refractivity contribution in [1.29, 1.82) is 0 Å². The minimum absolute atomic E-state index is 0.143. The van der Waals surface area contributed by atoms with Crippen LogP contribution < -0.4 is 0 Å². The van der Waals surface area contributed by atoms with E-state index in [2.05, 4.69) is 11.9 Å². The summed E-state index contributed by atoms with van der Waals surface area (Å²) in [6.45, 7) is 7.42. The fourth-order valence-electron chi connectivity index (χ4n) is 2.98. The number of hydrogen-bond acceptors (Lipinski definition) is 3. The Kier molecular flexibility index (Phi) is 5.40. The Morgan fingerprint density at radius 2 is 2.05 bits per heavy atom.